The number of phenols is 4. The summed E-state index contributed by atoms with van der Waals surface area (Å²) in [5.74, 6) is 3.12. The van der Waals surface area contributed by atoms with Crippen LogP contribution in [0.4, 0.5) is 0 Å². The van der Waals surface area contributed by atoms with Crippen LogP contribution in [0.15, 0.2) is 48.5 Å². The maximum Gasteiger partial charge on any atom is 0.142 e. The largest absolute Gasteiger partial charge is 0.508 e. The fourth-order valence-corrected chi connectivity index (χ4v) is 5.28. The maximum absolute atomic E-state index is 10.1. The number of fused-ring (bicyclic) bond motifs is 4. The molecule has 4 aromatic heterocycles. The first kappa shape index (κ1) is 26.8. The van der Waals surface area contributed by atoms with E-state index in [9.17, 15) is 20.4 Å². The molecule has 8 aromatic rings. The van der Waals surface area contributed by atoms with Gasteiger partial charge in [-0.15, -0.1) is 0 Å². The lowest BCUT2D eigenvalue weighted by Gasteiger charge is -2.04. The van der Waals surface area contributed by atoms with E-state index in [1.807, 2.05) is 38.1 Å². The molecule has 0 unspecified atom stereocenters. The maximum atomic E-state index is 10.1. The second kappa shape index (κ2) is 9.76. The minimum Gasteiger partial charge on any atom is -0.508 e. The number of aromatic nitrogens is 8. The van der Waals surface area contributed by atoms with Gasteiger partial charge in [0.15, 0.2) is 0 Å². The van der Waals surface area contributed by atoms with Crippen molar-refractivity contribution in [3.63, 3.8) is 0 Å². The molecule has 0 radical (unpaired) electrons. The zero-order chi connectivity index (χ0) is 30.9. The zero-order valence-electron chi connectivity index (χ0n) is 24.2. The fourth-order valence-electron chi connectivity index (χ4n) is 5.28. The molecule has 0 fully saturated rings. The molecule has 4 aromatic carbocycles. The zero-order valence-corrected chi connectivity index (χ0v) is 24.2. The number of aromatic amines is 4. The summed E-state index contributed by atoms with van der Waals surface area (Å²) in [6, 6.07) is 13.7. The van der Waals surface area contributed by atoms with E-state index >= 15 is 0 Å². The van der Waals surface area contributed by atoms with Crippen LogP contribution in [0.1, 0.15) is 22.8 Å². The van der Waals surface area contributed by atoms with E-state index in [1.54, 1.807) is 13.8 Å². The summed E-state index contributed by atoms with van der Waals surface area (Å²) in [4.78, 5) is 30.5. The smallest absolute Gasteiger partial charge is 0.142 e. The molecular formula is C32H28N8O4. The van der Waals surface area contributed by atoms with Crippen molar-refractivity contribution in [2.75, 3.05) is 0 Å². The average Bonchev–Trinajstić information content (AvgIpc) is 3.73. The molecule has 0 aliphatic rings. The van der Waals surface area contributed by atoms with E-state index in [0.29, 0.717) is 33.9 Å². The summed E-state index contributed by atoms with van der Waals surface area (Å²) in [7, 11) is 0. The molecule has 0 spiro atoms. The molecule has 12 heteroatoms. The molecule has 0 saturated heterocycles. The molecule has 8 rings (SSSR count). The highest BCUT2D eigenvalue weighted by Crippen LogP contribution is 2.36. The summed E-state index contributed by atoms with van der Waals surface area (Å²) in [6.07, 6.45) is 0. The number of imidazole rings is 4. The molecule has 8 N–H and O–H groups in total. The average molecular weight is 589 g/mol. The Kier molecular flexibility index (Phi) is 5.96. The minimum absolute atomic E-state index is 0.0777. The Morgan fingerprint density at radius 1 is 0.409 bits per heavy atom. The predicted octanol–water partition coefficient (Wildman–Crippen LogP) is 6.27. The normalized spacial score (nSPS) is 11.5. The third kappa shape index (κ3) is 4.58. The molecule has 0 amide bonds. The first-order valence-corrected chi connectivity index (χ1v) is 13.8. The molecule has 220 valence electrons. The quantitative estimate of drug-likeness (QED) is 0.108. The molecular weight excluding hydrogens is 560 g/mol. The minimum atomic E-state index is 0.0777. The van der Waals surface area contributed by atoms with E-state index in [1.165, 1.54) is 24.3 Å². The molecule has 44 heavy (non-hydrogen) atoms. The third-order valence-corrected chi connectivity index (χ3v) is 7.54. The van der Waals surface area contributed by atoms with Gasteiger partial charge in [0.05, 0.1) is 55.3 Å². The Morgan fingerprint density at radius 2 is 0.773 bits per heavy atom. The molecule has 0 aliphatic carbocycles. The fraction of sp³-hybridized carbons (Fsp3) is 0.125. The van der Waals surface area contributed by atoms with Gasteiger partial charge in [-0.1, -0.05) is 0 Å². The van der Waals surface area contributed by atoms with Gasteiger partial charge < -0.3 is 40.4 Å². The Morgan fingerprint density at radius 3 is 1.18 bits per heavy atom. The Labute approximate surface area is 249 Å². The van der Waals surface area contributed by atoms with Crippen LogP contribution in [0.2, 0.25) is 0 Å². The Bertz CT molecular complexity index is 2130. The lowest BCUT2D eigenvalue weighted by Crippen LogP contribution is -1.84. The van der Waals surface area contributed by atoms with Crippen molar-refractivity contribution in [1.29, 1.82) is 0 Å². The SMILES string of the molecule is Cc1nc2cc3nc(-c4cc(O)c(C)cc4O)[nH]c3cc2[nH]1.Cc1nc2cc3nc(-c4cc(O)c(C)cc4O)[nH]c3cc2[nH]1. The van der Waals surface area contributed by atoms with Gasteiger partial charge in [-0.25, -0.2) is 19.9 Å². The third-order valence-electron chi connectivity index (χ3n) is 7.54. The molecule has 4 heterocycles. The molecule has 0 saturated carbocycles. The van der Waals surface area contributed by atoms with Crippen LogP contribution in [0.5, 0.6) is 23.0 Å². The number of aromatic hydroxyl groups is 4. The standard InChI is InChI=1S/2C16H14N4O2/c2*1-7-3-15(22)9(4-14(7)21)16-19-12-5-10-11(6-13(12)20-16)18-8(2)17-10/h2*3-6,21-22H,1-2H3,(H,17,18)(H,19,20). The van der Waals surface area contributed by atoms with Gasteiger partial charge in [0.25, 0.3) is 0 Å². The van der Waals surface area contributed by atoms with Crippen molar-refractivity contribution < 1.29 is 20.4 Å². The molecule has 0 aliphatic heterocycles. The summed E-state index contributed by atoms with van der Waals surface area (Å²) >= 11 is 0. The van der Waals surface area contributed by atoms with Gasteiger partial charge in [0.1, 0.15) is 46.3 Å². The lowest BCUT2D eigenvalue weighted by atomic mass is 10.1. The summed E-state index contributed by atoms with van der Waals surface area (Å²) in [5.41, 5.74) is 8.90. The van der Waals surface area contributed by atoms with Crippen LogP contribution in [0, 0.1) is 27.7 Å². The Hall–Kier alpha value is -6.04. The van der Waals surface area contributed by atoms with E-state index in [-0.39, 0.29) is 23.0 Å². The van der Waals surface area contributed by atoms with Gasteiger partial charge in [-0.3, -0.25) is 0 Å². The molecule has 12 nitrogen and oxygen atoms in total. The predicted molar refractivity (Wildman–Crippen MR) is 168 cm³/mol. The van der Waals surface area contributed by atoms with E-state index in [2.05, 4.69) is 39.9 Å². The van der Waals surface area contributed by atoms with E-state index in [4.69, 9.17) is 0 Å². The van der Waals surface area contributed by atoms with Gasteiger partial charge >= 0.3 is 0 Å². The van der Waals surface area contributed by atoms with Crippen molar-refractivity contribution in [2.45, 2.75) is 27.7 Å². The van der Waals surface area contributed by atoms with Gasteiger partial charge in [0.2, 0.25) is 0 Å². The summed E-state index contributed by atoms with van der Waals surface area (Å²) in [5, 5.41) is 39.9. The van der Waals surface area contributed by atoms with Crippen LogP contribution in [-0.2, 0) is 0 Å². The van der Waals surface area contributed by atoms with Gasteiger partial charge in [-0.05, 0) is 87.4 Å². The van der Waals surface area contributed by atoms with Crippen molar-refractivity contribution in [3.8, 4) is 45.8 Å². The number of aryl methyl sites for hydroxylation is 4. The van der Waals surface area contributed by atoms with E-state index in [0.717, 1.165) is 55.8 Å². The second-order valence-corrected chi connectivity index (χ2v) is 10.9. The summed E-state index contributed by atoms with van der Waals surface area (Å²) < 4.78 is 0. The van der Waals surface area contributed by atoms with Gasteiger partial charge in [-0.2, -0.15) is 0 Å². The van der Waals surface area contributed by atoms with Crippen LogP contribution >= 0.6 is 0 Å². The number of H-pyrrole nitrogens is 4. The molecule has 0 atom stereocenters. The summed E-state index contributed by atoms with van der Waals surface area (Å²) in [6.45, 7) is 7.27. The lowest BCUT2D eigenvalue weighted by molar-refractivity contribution is 0.458. The highest BCUT2D eigenvalue weighted by Gasteiger charge is 2.15. The molecule has 0 bridgehead atoms. The van der Waals surface area contributed by atoms with Crippen molar-refractivity contribution in [3.05, 3.63) is 71.3 Å². The number of hydrogen-bond acceptors (Lipinski definition) is 8. The number of hydrogen-bond donors (Lipinski definition) is 8. The number of rotatable bonds is 2. The Balaban J connectivity index is 0.000000142. The highest BCUT2D eigenvalue weighted by atomic mass is 16.3. The van der Waals surface area contributed by atoms with Crippen molar-refractivity contribution in [1.82, 2.24) is 39.9 Å². The number of nitrogens with zero attached hydrogens (tertiary/aromatic N) is 4. The van der Waals surface area contributed by atoms with Crippen LogP contribution in [-0.4, -0.2) is 60.3 Å². The first-order chi connectivity index (χ1) is 21.0. The number of phenolic OH excluding ortho intramolecular Hbond substituents is 4. The first-order valence-electron chi connectivity index (χ1n) is 13.8. The number of benzene rings is 4. The van der Waals surface area contributed by atoms with Crippen molar-refractivity contribution >= 4 is 44.1 Å². The van der Waals surface area contributed by atoms with Crippen LogP contribution < -0.4 is 0 Å². The second-order valence-electron chi connectivity index (χ2n) is 10.9. The number of nitrogens with one attached hydrogen (secondary N) is 4. The highest BCUT2D eigenvalue weighted by molar-refractivity contribution is 5.94. The van der Waals surface area contributed by atoms with Crippen LogP contribution in [0.25, 0.3) is 66.9 Å². The van der Waals surface area contributed by atoms with Crippen molar-refractivity contribution in [2.24, 2.45) is 0 Å². The monoisotopic (exact) mass is 588 g/mol. The van der Waals surface area contributed by atoms with E-state index < -0.39 is 0 Å². The van der Waals surface area contributed by atoms with Gasteiger partial charge in [0, 0.05) is 0 Å². The topological polar surface area (TPSA) is 196 Å². The van der Waals surface area contributed by atoms with Crippen LogP contribution in [0.3, 0.4) is 0 Å².